The highest BCUT2D eigenvalue weighted by Gasteiger charge is 2.27. The Morgan fingerprint density at radius 3 is 2.67 bits per heavy atom. The number of likely N-dealkylation sites (tertiary alicyclic amines) is 1. The first kappa shape index (κ1) is 14.3. The first-order chi connectivity index (χ1) is 8.38. The molecule has 0 saturated carbocycles. The van der Waals surface area contributed by atoms with E-state index in [9.17, 15) is 14.4 Å². The van der Waals surface area contributed by atoms with Gasteiger partial charge in [0, 0.05) is 32.1 Å². The van der Waals surface area contributed by atoms with Gasteiger partial charge in [0.1, 0.15) is 0 Å². The first-order valence-corrected chi connectivity index (χ1v) is 5.93. The number of carboxylic acids is 1. The third kappa shape index (κ3) is 4.60. The third-order valence-corrected chi connectivity index (χ3v) is 2.73. The Balaban J connectivity index is 2.35. The Labute approximate surface area is 106 Å². The second-order valence-electron chi connectivity index (χ2n) is 4.58. The van der Waals surface area contributed by atoms with Gasteiger partial charge >= 0.3 is 12.0 Å². The van der Waals surface area contributed by atoms with Crippen molar-refractivity contribution in [3.05, 3.63) is 0 Å². The highest BCUT2D eigenvalue weighted by Crippen LogP contribution is 2.09. The van der Waals surface area contributed by atoms with Crippen LogP contribution in [0.1, 0.15) is 26.7 Å². The lowest BCUT2D eigenvalue weighted by Gasteiger charge is -2.20. The number of carbonyl (C=O) groups is 3. The standard InChI is InChI=1S/C11H19N3O4/c1-7(5-10(16)17)12-11(18)14-4-3-9(6-14)13-8(2)15/h7,9H,3-6H2,1-2H3,(H,12,18)(H,13,15)(H,16,17). The van der Waals surface area contributed by atoms with E-state index in [1.807, 2.05) is 0 Å². The molecule has 1 rings (SSSR count). The van der Waals surface area contributed by atoms with E-state index >= 15 is 0 Å². The molecule has 1 heterocycles. The predicted octanol–water partition coefficient (Wildman–Crippen LogP) is -0.230. The SMILES string of the molecule is CC(=O)NC1CCN(C(=O)NC(C)CC(=O)O)C1. The van der Waals surface area contributed by atoms with Crippen LogP contribution in [-0.2, 0) is 9.59 Å². The number of aliphatic carboxylic acids is 1. The van der Waals surface area contributed by atoms with Gasteiger partial charge in [0.15, 0.2) is 0 Å². The highest BCUT2D eigenvalue weighted by atomic mass is 16.4. The topological polar surface area (TPSA) is 98.7 Å². The number of hydrogen-bond acceptors (Lipinski definition) is 3. The number of nitrogens with one attached hydrogen (secondary N) is 2. The summed E-state index contributed by atoms with van der Waals surface area (Å²) >= 11 is 0. The van der Waals surface area contributed by atoms with Gasteiger partial charge in [0.05, 0.1) is 6.42 Å². The van der Waals surface area contributed by atoms with Crippen molar-refractivity contribution in [2.75, 3.05) is 13.1 Å². The molecule has 0 aromatic carbocycles. The summed E-state index contributed by atoms with van der Waals surface area (Å²) in [6.45, 7) is 4.12. The Bertz CT molecular complexity index is 345. The minimum atomic E-state index is -0.944. The molecule has 7 nitrogen and oxygen atoms in total. The number of urea groups is 1. The van der Waals surface area contributed by atoms with Crippen molar-refractivity contribution in [2.24, 2.45) is 0 Å². The van der Waals surface area contributed by atoms with Crippen molar-refractivity contribution in [3.8, 4) is 0 Å². The molecule has 0 radical (unpaired) electrons. The maximum atomic E-state index is 11.8. The number of nitrogens with zero attached hydrogens (tertiary/aromatic N) is 1. The maximum Gasteiger partial charge on any atom is 0.317 e. The van der Waals surface area contributed by atoms with E-state index in [4.69, 9.17) is 5.11 Å². The molecule has 1 fully saturated rings. The van der Waals surface area contributed by atoms with Crippen molar-refractivity contribution in [1.82, 2.24) is 15.5 Å². The average molecular weight is 257 g/mol. The van der Waals surface area contributed by atoms with Gasteiger partial charge in [-0.05, 0) is 13.3 Å². The fraction of sp³-hybridized carbons (Fsp3) is 0.727. The summed E-state index contributed by atoms with van der Waals surface area (Å²) in [6.07, 6.45) is 0.620. The van der Waals surface area contributed by atoms with Crippen LogP contribution in [0, 0.1) is 0 Å². The second kappa shape index (κ2) is 6.23. The van der Waals surface area contributed by atoms with Gasteiger partial charge in [0.25, 0.3) is 0 Å². The molecule has 3 amide bonds. The van der Waals surface area contributed by atoms with Gasteiger partial charge in [-0.25, -0.2) is 4.79 Å². The van der Waals surface area contributed by atoms with Crippen LogP contribution in [0.3, 0.4) is 0 Å². The van der Waals surface area contributed by atoms with Crippen LogP contribution in [0.5, 0.6) is 0 Å². The van der Waals surface area contributed by atoms with E-state index in [2.05, 4.69) is 10.6 Å². The Hall–Kier alpha value is -1.79. The zero-order valence-corrected chi connectivity index (χ0v) is 10.6. The van der Waals surface area contributed by atoms with E-state index in [0.717, 1.165) is 6.42 Å². The van der Waals surface area contributed by atoms with Crippen molar-refractivity contribution in [3.63, 3.8) is 0 Å². The molecule has 0 aromatic heterocycles. The van der Waals surface area contributed by atoms with Gasteiger partial charge in [0.2, 0.25) is 5.91 Å². The van der Waals surface area contributed by atoms with Crippen molar-refractivity contribution >= 4 is 17.9 Å². The fourth-order valence-electron chi connectivity index (χ4n) is 1.97. The van der Waals surface area contributed by atoms with E-state index in [1.54, 1.807) is 11.8 Å². The molecule has 0 bridgehead atoms. The molecule has 2 atom stereocenters. The summed E-state index contributed by atoms with van der Waals surface area (Å²) in [7, 11) is 0. The molecule has 2 unspecified atom stereocenters. The fourth-order valence-corrected chi connectivity index (χ4v) is 1.97. The lowest BCUT2D eigenvalue weighted by Crippen LogP contribution is -2.45. The van der Waals surface area contributed by atoms with Crippen LogP contribution in [-0.4, -0.2) is 53.1 Å². The monoisotopic (exact) mass is 257 g/mol. The van der Waals surface area contributed by atoms with E-state index in [-0.39, 0.29) is 24.4 Å². The van der Waals surface area contributed by atoms with Gasteiger partial charge in [-0.3, -0.25) is 9.59 Å². The Morgan fingerprint density at radius 2 is 2.11 bits per heavy atom. The normalized spacial score (nSPS) is 20.3. The van der Waals surface area contributed by atoms with Crippen LogP contribution < -0.4 is 10.6 Å². The number of carboxylic acid groups (broad SMARTS) is 1. The molecule has 7 heteroatoms. The largest absolute Gasteiger partial charge is 0.481 e. The predicted molar refractivity (Wildman–Crippen MR) is 64.0 cm³/mol. The molecule has 3 N–H and O–H groups in total. The smallest absolute Gasteiger partial charge is 0.317 e. The first-order valence-electron chi connectivity index (χ1n) is 5.93. The quantitative estimate of drug-likeness (QED) is 0.647. The van der Waals surface area contributed by atoms with Crippen molar-refractivity contribution < 1.29 is 19.5 Å². The van der Waals surface area contributed by atoms with Crippen LogP contribution in [0.4, 0.5) is 4.79 Å². The summed E-state index contributed by atoms with van der Waals surface area (Å²) < 4.78 is 0. The molecule has 102 valence electrons. The Kier molecular flexibility index (Phi) is 4.94. The third-order valence-electron chi connectivity index (χ3n) is 2.73. The number of rotatable bonds is 4. The van der Waals surface area contributed by atoms with E-state index < -0.39 is 12.0 Å². The minimum Gasteiger partial charge on any atom is -0.481 e. The molecule has 1 aliphatic rings. The summed E-state index contributed by atoms with van der Waals surface area (Å²) in [5.74, 6) is -1.05. The maximum absolute atomic E-state index is 11.8. The molecule has 1 aliphatic heterocycles. The van der Waals surface area contributed by atoms with Crippen molar-refractivity contribution in [2.45, 2.75) is 38.8 Å². The van der Waals surface area contributed by atoms with Crippen LogP contribution in [0.25, 0.3) is 0 Å². The zero-order chi connectivity index (χ0) is 13.7. The van der Waals surface area contributed by atoms with Gasteiger partial charge in [-0.1, -0.05) is 0 Å². The summed E-state index contributed by atoms with van der Waals surface area (Å²) in [6, 6.07) is -0.700. The molecule has 18 heavy (non-hydrogen) atoms. The van der Waals surface area contributed by atoms with Crippen LogP contribution >= 0.6 is 0 Å². The molecule has 0 aliphatic carbocycles. The summed E-state index contributed by atoms with van der Waals surface area (Å²) in [5.41, 5.74) is 0. The molecular formula is C11H19N3O4. The molecular weight excluding hydrogens is 238 g/mol. The number of hydrogen-bond donors (Lipinski definition) is 3. The Morgan fingerprint density at radius 1 is 1.44 bits per heavy atom. The number of carbonyl (C=O) groups excluding carboxylic acids is 2. The zero-order valence-electron chi connectivity index (χ0n) is 10.6. The average Bonchev–Trinajstić information content (AvgIpc) is 2.63. The summed E-state index contributed by atoms with van der Waals surface area (Å²) in [5, 5.41) is 14.0. The minimum absolute atomic E-state index is 0.0111. The van der Waals surface area contributed by atoms with E-state index in [1.165, 1.54) is 6.92 Å². The highest BCUT2D eigenvalue weighted by molar-refractivity contribution is 5.77. The van der Waals surface area contributed by atoms with E-state index in [0.29, 0.717) is 13.1 Å². The lowest BCUT2D eigenvalue weighted by atomic mass is 10.2. The van der Waals surface area contributed by atoms with Gasteiger partial charge < -0.3 is 20.6 Å². The second-order valence-corrected chi connectivity index (χ2v) is 4.58. The molecule has 0 spiro atoms. The number of amides is 3. The van der Waals surface area contributed by atoms with Crippen LogP contribution in [0.15, 0.2) is 0 Å². The molecule has 0 aromatic rings. The summed E-state index contributed by atoms with van der Waals surface area (Å²) in [4.78, 5) is 34.7. The van der Waals surface area contributed by atoms with Gasteiger partial charge in [-0.2, -0.15) is 0 Å². The van der Waals surface area contributed by atoms with Gasteiger partial charge in [-0.15, -0.1) is 0 Å². The molecule has 1 saturated heterocycles. The van der Waals surface area contributed by atoms with Crippen LogP contribution in [0.2, 0.25) is 0 Å². The lowest BCUT2D eigenvalue weighted by molar-refractivity contribution is -0.137. The van der Waals surface area contributed by atoms with Crippen molar-refractivity contribution in [1.29, 1.82) is 0 Å².